The fourth-order valence-corrected chi connectivity index (χ4v) is 4.32. The van der Waals surface area contributed by atoms with Gasteiger partial charge >= 0.3 is 0 Å². The van der Waals surface area contributed by atoms with Crippen molar-refractivity contribution < 1.29 is 0 Å². The Hall–Kier alpha value is 1.59. The van der Waals surface area contributed by atoms with Crippen LogP contribution >= 0.6 is 36.8 Å². The number of hydrogen-bond acceptors (Lipinski definition) is 0. The molecule has 0 aliphatic carbocycles. The summed E-state index contributed by atoms with van der Waals surface area (Å²) in [5.41, 5.74) is 1.91. The van der Waals surface area contributed by atoms with Crippen LogP contribution in [0.1, 0.15) is 13.8 Å². The zero-order valence-electron chi connectivity index (χ0n) is 5.56. The molecule has 0 saturated carbocycles. The van der Waals surface area contributed by atoms with Gasteiger partial charge in [-0.1, -0.05) is 35.9 Å². The molecule has 0 aromatic carbocycles. The lowest BCUT2D eigenvalue weighted by atomic mass is 10.4. The third-order valence-corrected chi connectivity index (χ3v) is 6.45. The Morgan fingerprint density at radius 2 is 1.88 bits per heavy atom. The minimum Gasteiger partial charge on any atom is -0.134 e. The molecule has 0 rings (SSSR count). The molecular weight excluding hydrogens is 249 g/mol. The highest BCUT2D eigenvalue weighted by atomic mass is 127. The van der Waals surface area contributed by atoms with Gasteiger partial charge in [0, 0.05) is 0 Å². The predicted octanol–water partition coefficient (Wildman–Crippen LogP) is 3.10. The molecule has 0 aliphatic rings. The molecule has 0 saturated heterocycles. The van der Waals surface area contributed by atoms with Crippen molar-refractivity contribution in [3.63, 3.8) is 0 Å². The van der Waals surface area contributed by atoms with E-state index in [1.165, 1.54) is 0 Å². The number of hydrogen-bond donors (Lipinski definition) is 0. The van der Waals surface area contributed by atoms with Crippen LogP contribution in [0.25, 0.3) is 0 Å². The van der Waals surface area contributed by atoms with Crippen LogP contribution in [0.15, 0.2) is 0 Å². The molecule has 0 aliphatic heterocycles. The Morgan fingerprint density at radius 1 is 1.50 bits per heavy atom. The second kappa shape index (κ2) is 4.41. The van der Waals surface area contributed by atoms with Gasteiger partial charge in [-0.3, -0.25) is 0 Å². The lowest BCUT2D eigenvalue weighted by Crippen LogP contribution is -2.07. The van der Waals surface area contributed by atoms with Gasteiger partial charge in [0.1, 0.15) is 0 Å². The molecule has 0 aromatic rings. The average Bonchev–Trinajstić information content (AvgIpc) is 1.64. The average molecular weight is 262 g/mol. The molecule has 4 unspecified atom stereocenters. The van der Waals surface area contributed by atoms with Crippen molar-refractivity contribution in [2.75, 3.05) is 6.66 Å². The van der Waals surface area contributed by atoms with Crippen LogP contribution in [-0.4, -0.2) is 18.0 Å². The molecule has 0 aromatic heterocycles. The third-order valence-electron chi connectivity index (χ3n) is 1.32. The Bertz CT molecular complexity index is 55.4. The van der Waals surface area contributed by atoms with Crippen molar-refractivity contribution in [3.8, 4) is 0 Å². The zero-order valence-corrected chi connectivity index (χ0v) is 9.76. The lowest BCUT2D eigenvalue weighted by molar-refractivity contribution is 0.923. The first kappa shape index (κ1) is 9.59. The van der Waals surface area contributed by atoms with E-state index in [1.54, 1.807) is 0 Å². The molecule has 3 heteroatoms. The first-order chi connectivity index (χ1) is 3.55. The Balaban J connectivity index is 3.46. The Kier molecular flexibility index (Phi) is 5.29. The minimum absolute atomic E-state index is 0.248. The van der Waals surface area contributed by atoms with Crippen LogP contribution in [0, 0.1) is 0 Å². The predicted molar refractivity (Wildman–Crippen MR) is 55.5 cm³/mol. The van der Waals surface area contributed by atoms with Crippen LogP contribution < -0.4 is 0 Å². The number of rotatable bonds is 2. The maximum atomic E-state index is 2.85. The van der Waals surface area contributed by atoms with Crippen molar-refractivity contribution in [1.82, 2.24) is 0 Å². The highest BCUT2D eigenvalue weighted by Crippen LogP contribution is 2.48. The zero-order chi connectivity index (χ0) is 6.73. The minimum atomic E-state index is 0.248. The highest BCUT2D eigenvalue weighted by Gasteiger charge is 2.11. The summed E-state index contributed by atoms with van der Waals surface area (Å²) in [4.78, 5) is 0. The first-order valence-corrected chi connectivity index (χ1v) is 8.01. The topological polar surface area (TPSA) is 0 Å². The van der Waals surface area contributed by atoms with Gasteiger partial charge in [0.05, 0.1) is 0 Å². The monoisotopic (exact) mass is 262 g/mol. The lowest BCUT2D eigenvalue weighted by Gasteiger charge is -2.17. The van der Waals surface area contributed by atoms with Crippen molar-refractivity contribution in [2.45, 2.75) is 25.2 Å². The molecule has 50 valence electrons. The maximum Gasteiger partial charge on any atom is -0.00893 e. The summed E-state index contributed by atoms with van der Waals surface area (Å²) in [6.07, 6.45) is 0. The standard InChI is InChI=1S/C5H13IP2/c1-4(7)5(2)8(3)6/h4-5H,7H2,1-3H3. The fraction of sp³-hybridized carbons (Fsp3) is 1.00. The van der Waals surface area contributed by atoms with E-state index in [9.17, 15) is 0 Å². The summed E-state index contributed by atoms with van der Waals surface area (Å²) < 4.78 is 0. The van der Waals surface area contributed by atoms with E-state index in [2.05, 4.69) is 51.8 Å². The summed E-state index contributed by atoms with van der Waals surface area (Å²) in [5.74, 6) is 0. The largest absolute Gasteiger partial charge is 0.134 e. The molecule has 0 heterocycles. The van der Waals surface area contributed by atoms with Gasteiger partial charge < -0.3 is 0 Å². The van der Waals surface area contributed by atoms with Crippen LogP contribution in [-0.2, 0) is 0 Å². The van der Waals surface area contributed by atoms with Gasteiger partial charge in [-0.2, -0.15) is 0 Å². The van der Waals surface area contributed by atoms with Crippen LogP contribution in [0.2, 0.25) is 0 Å². The molecular formula is C5H13IP2. The van der Waals surface area contributed by atoms with Crippen molar-refractivity contribution in [3.05, 3.63) is 0 Å². The van der Waals surface area contributed by atoms with E-state index in [-0.39, 0.29) is 5.56 Å². The molecule has 0 N–H and O–H groups in total. The molecule has 0 nitrogen and oxygen atoms in total. The Labute approximate surface area is 68.6 Å². The van der Waals surface area contributed by atoms with Crippen molar-refractivity contribution in [1.29, 1.82) is 0 Å². The Morgan fingerprint density at radius 3 is 1.88 bits per heavy atom. The van der Waals surface area contributed by atoms with E-state index in [0.29, 0.717) is 0 Å². The van der Waals surface area contributed by atoms with Crippen molar-refractivity contribution >= 4 is 36.8 Å². The van der Waals surface area contributed by atoms with E-state index in [1.807, 2.05) is 0 Å². The molecule has 4 atom stereocenters. The fourth-order valence-electron chi connectivity index (χ4n) is 0.324. The molecule has 8 heavy (non-hydrogen) atoms. The smallest absolute Gasteiger partial charge is 0.00893 e. The van der Waals surface area contributed by atoms with Gasteiger partial charge in [-0.15, -0.1) is 9.24 Å². The summed E-state index contributed by atoms with van der Waals surface area (Å²) in [5, 5.41) is 0. The summed E-state index contributed by atoms with van der Waals surface area (Å²) in [6.45, 7) is 6.89. The summed E-state index contributed by atoms with van der Waals surface area (Å²) in [6, 6.07) is 0. The van der Waals surface area contributed by atoms with Crippen LogP contribution in [0.5, 0.6) is 0 Å². The van der Waals surface area contributed by atoms with E-state index < -0.39 is 0 Å². The van der Waals surface area contributed by atoms with Gasteiger partial charge in [0.25, 0.3) is 0 Å². The summed E-state index contributed by atoms with van der Waals surface area (Å²) in [7, 11) is 2.85. The molecule has 0 radical (unpaired) electrons. The second-order valence-corrected chi connectivity index (χ2v) is 9.61. The normalized spacial score (nSPS) is 22.1. The number of halogens is 1. The first-order valence-electron chi connectivity index (χ1n) is 2.70. The van der Waals surface area contributed by atoms with Gasteiger partial charge in [-0.25, -0.2) is 0 Å². The van der Waals surface area contributed by atoms with E-state index >= 15 is 0 Å². The van der Waals surface area contributed by atoms with Gasteiger partial charge in [0.15, 0.2) is 0 Å². The van der Waals surface area contributed by atoms with Crippen molar-refractivity contribution in [2.24, 2.45) is 0 Å². The van der Waals surface area contributed by atoms with Gasteiger partial charge in [0.2, 0.25) is 0 Å². The molecule has 0 fully saturated rings. The summed E-state index contributed by atoms with van der Waals surface area (Å²) >= 11 is 2.54. The third kappa shape index (κ3) is 3.58. The van der Waals surface area contributed by atoms with Gasteiger partial charge in [-0.05, 0) is 23.5 Å². The molecule has 0 spiro atoms. The van der Waals surface area contributed by atoms with E-state index in [0.717, 1.165) is 11.3 Å². The second-order valence-electron chi connectivity index (χ2n) is 2.12. The maximum absolute atomic E-state index is 2.85. The van der Waals surface area contributed by atoms with Crippen LogP contribution in [0.3, 0.4) is 0 Å². The molecule has 0 bridgehead atoms. The molecule has 0 amide bonds. The highest BCUT2D eigenvalue weighted by molar-refractivity contribution is 14.2. The van der Waals surface area contributed by atoms with E-state index in [4.69, 9.17) is 0 Å². The SMILES string of the molecule is CC(P)C(C)P(C)I. The van der Waals surface area contributed by atoms with Crippen LogP contribution in [0.4, 0.5) is 0 Å². The quantitative estimate of drug-likeness (QED) is 0.530.